The molecule has 1 aromatic carbocycles. The molecule has 0 spiro atoms. The van der Waals surface area contributed by atoms with E-state index in [1.165, 1.54) is 11.1 Å². The van der Waals surface area contributed by atoms with E-state index in [9.17, 15) is 4.79 Å². The molecule has 1 aliphatic carbocycles. The van der Waals surface area contributed by atoms with Crippen molar-refractivity contribution in [2.75, 3.05) is 0 Å². The van der Waals surface area contributed by atoms with E-state index in [1.54, 1.807) is 12.3 Å². The van der Waals surface area contributed by atoms with E-state index in [1.807, 2.05) is 18.2 Å². The lowest BCUT2D eigenvalue weighted by molar-refractivity contribution is 0.0933. The number of alkyl halides is 1. The third kappa shape index (κ3) is 2.65. The van der Waals surface area contributed by atoms with Gasteiger partial charge in [0.25, 0.3) is 5.91 Å². The van der Waals surface area contributed by atoms with Gasteiger partial charge in [-0.25, -0.2) is 4.98 Å². The van der Waals surface area contributed by atoms with Gasteiger partial charge < -0.3 is 5.32 Å². The molecule has 0 bridgehead atoms. The average Bonchev–Trinajstić information content (AvgIpc) is 2.76. The largest absolute Gasteiger partial charge is 0.343 e. The number of pyridine rings is 1. The molecule has 3 rings (SSSR count). The predicted octanol–water partition coefficient (Wildman–Crippen LogP) is 3.63. The van der Waals surface area contributed by atoms with E-state index in [0.29, 0.717) is 5.69 Å². The Morgan fingerprint density at radius 3 is 2.80 bits per heavy atom. The standard InChI is InChI=1S/C15H12Br2N2O/c16-10-5-6-13(18-8-10)15(20)19-14-11-4-2-1-3-9(11)7-12(14)17/h1-6,8,12,14H,7H2,(H,19,20). The van der Waals surface area contributed by atoms with Gasteiger partial charge in [0.15, 0.2) is 0 Å². The molecule has 5 heteroatoms. The molecule has 20 heavy (non-hydrogen) atoms. The summed E-state index contributed by atoms with van der Waals surface area (Å²) in [4.78, 5) is 16.6. The van der Waals surface area contributed by atoms with Gasteiger partial charge in [-0.1, -0.05) is 40.2 Å². The highest BCUT2D eigenvalue weighted by atomic mass is 79.9. The number of carbonyl (C=O) groups excluding carboxylic acids is 1. The smallest absolute Gasteiger partial charge is 0.270 e. The van der Waals surface area contributed by atoms with E-state index in [2.05, 4.69) is 54.3 Å². The Bertz CT molecular complexity index is 643. The predicted molar refractivity (Wildman–Crippen MR) is 85.0 cm³/mol. The molecule has 1 amide bonds. The van der Waals surface area contributed by atoms with Crippen molar-refractivity contribution in [1.29, 1.82) is 0 Å². The third-order valence-electron chi connectivity index (χ3n) is 3.41. The monoisotopic (exact) mass is 394 g/mol. The third-order valence-corrected chi connectivity index (χ3v) is 4.73. The van der Waals surface area contributed by atoms with Crippen molar-refractivity contribution in [3.05, 3.63) is 63.9 Å². The Morgan fingerprint density at radius 1 is 1.25 bits per heavy atom. The van der Waals surface area contributed by atoms with Gasteiger partial charge in [-0.05, 0) is 45.6 Å². The first-order chi connectivity index (χ1) is 9.65. The molecule has 1 N–H and O–H groups in total. The van der Waals surface area contributed by atoms with Crippen LogP contribution >= 0.6 is 31.9 Å². The molecule has 0 saturated carbocycles. The summed E-state index contributed by atoms with van der Waals surface area (Å²) in [5.41, 5.74) is 2.89. The Labute approximate surface area is 134 Å². The maximum atomic E-state index is 12.3. The zero-order valence-electron chi connectivity index (χ0n) is 10.5. The fraction of sp³-hybridized carbons (Fsp3) is 0.200. The van der Waals surface area contributed by atoms with Crippen LogP contribution in [0.4, 0.5) is 0 Å². The second-order valence-electron chi connectivity index (χ2n) is 4.73. The van der Waals surface area contributed by atoms with Crippen molar-refractivity contribution in [2.45, 2.75) is 17.3 Å². The number of nitrogens with zero attached hydrogens (tertiary/aromatic N) is 1. The van der Waals surface area contributed by atoms with Crippen LogP contribution in [0.1, 0.15) is 27.7 Å². The topological polar surface area (TPSA) is 42.0 Å². The number of hydrogen-bond acceptors (Lipinski definition) is 2. The number of rotatable bonds is 2. The number of hydrogen-bond donors (Lipinski definition) is 1. The molecule has 0 aliphatic heterocycles. The highest BCUT2D eigenvalue weighted by Gasteiger charge is 2.31. The van der Waals surface area contributed by atoms with E-state index < -0.39 is 0 Å². The number of benzene rings is 1. The number of nitrogens with one attached hydrogen (secondary N) is 1. The van der Waals surface area contributed by atoms with Gasteiger partial charge in [-0.15, -0.1) is 0 Å². The highest BCUT2D eigenvalue weighted by Crippen LogP contribution is 2.35. The molecule has 0 radical (unpaired) electrons. The fourth-order valence-electron chi connectivity index (χ4n) is 2.44. The average molecular weight is 396 g/mol. The van der Waals surface area contributed by atoms with Crippen molar-refractivity contribution in [1.82, 2.24) is 10.3 Å². The Balaban J connectivity index is 1.81. The fourth-order valence-corrected chi connectivity index (χ4v) is 3.44. The van der Waals surface area contributed by atoms with Crippen LogP contribution < -0.4 is 5.32 Å². The van der Waals surface area contributed by atoms with E-state index in [0.717, 1.165) is 10.9 Å². The van der Waals surface area contributed by atoms with Crippen LogP contribution in [-0.2, 0) is 6.42 Å². The Morgan fingerprint density at radius 2 is 2.05 bits per heavy atom. The molecule has 2 unspecified atom stereocenters. The highest BCUT2D eigenvalue weighted by molar-refractivity contribution is 9.10. The lowest BCUT2D eigenvalue weighted by Crippen LogP contribution is -2.32. The first-order valence-electron chi connectivity index (χ1n) is 6.29. The van der Waals surface area contributed by atoms with Gasteiger partial charge in [-0.3, -0.25) is 4.79 Å². The summed E-state index contributed by atoms with van der Waals surface area (Å²) in [6, 6.07) is 11.7. The first kappa shape index (κ1) is 13.8. The van der Waals surface area contributed by atoms with Crippen LogP contribution in [0.25, 0.3) is 0 Å². The molecule has 2 atom stereocenters. The molecule has 3 nitrogen and oxygen atoms in total. The Hall–Kier alpha value is -1.20. The van der Waals surface area contributed by atoms with E-state index in [4.69, 9.17) is 0 Å². The zero-order chi connectivity index (χ0) is 14.1. The van der Waals surface area contributed by atoms with Gasteiger partial charge in [0.2, 0.25) is 0 Å². The maximum Gasteiger partial charge on any atom is 0.270 e. The molecule has 102 valence electrons. The molecule has 1 heterocycles. The maximum absolute atomic E-state index is 12.3. The quantitative estimate of drug-likeness (QED) is 0.788. The van der Waals surface area contributed by atoms with Crippen LogP contribution in [0.3, 0.4) is 0 Å². The molecule has 1 aliphatic rings. The summed E-state index contributed by atoms with van der Waals surface area (Å²) in [6.45, 7) is 0. The molecule has 0 fully saturated rings. The van der Waals surface area contributed by atoms with Crippen molar-refractivity contribution in [3.63, 3.8) is 0 Å². The molecule has 2 aromatic rings. The minimum absolute atomic E-state index is 0.0100. The van der Waals surface area contributed by atoms with Crippen molar-refractivity contribution in [2.24, 2.45) is 0 Å². The van der Waals surface area contributed by atoms with E-state index >= 15 is 0 Å². The van der Waals surface area contributed by atoms with Crippen LogP contribution in [0.15, 0.2) is 47.1 Å². The number of carbonyl (C=O) groups is 1. The Kier molecular flexibility index (Phi) is 3.89. The number of amides is 1. The van der Waals surface area contributed by atoms with E-state index in [-0.39, 0.29) is 16.8 Å². The summed E-state index contributed by atoms with van der Waals surface area (Å²) < 4.78 is 0.860. The summed E-state index contributed by atoms with van der Waals surface area (Å²) >= 11 is 6.97. The first-order valence-corrected chi connectivity index (χ1v) is 8.00. The van der Waals surface area contributed by atoms with Gasteiger partial charge in [0, 0.05) is 15.5 Å². The van der Waals surface area contributed by atoms with Gasteiger partial charge in [0.05, 0.1) is 6.04 Å². The number of aromatic nitrogens is 1. The molecule has 0 saturated heterocycles. The zero-order valence-corrected chi connectivity index (χ0v) is 13.7. The van der Waals surface area contributed by atoms with Crippen molar-refractivity contribution in [3.8, 4) is 0 Å². The van der Waals surface area contributed by atoms with Crippen LogP contribution in [0.2, 0.25) is 0 Å². The minimum Gasteiger partial charge on any atom is -0.343 e. The van der Waals surface area contributed by atoms with Crippen LogP contribution in [-0.4, -0.2) is 15.7 Å². The summed E-state index contributed by atoms with van der Waals surface area (Å²) in [5, 5.41) is 3.06. The van der Waals surface area contributed by atoms with Gasteiger partial charge >= 0.3 is 0 Å². The van der Waals surface area contributed by atoms with Crippen molar-refractivity contribution >= 4 is 37.8 Å². The second-order valence-corrected chi connectivity index (χ2v) is 6.82. The number of fused-ring (bicyclic) bond motifs is 1. The molecular weight excluding hydrogens is 384 g/mol. The minimum atomic E-state index is -0.149. The van der Waals surface area contributed by atoms with Crippen LogP contribution in [0, 0.1) is 0 Å². The molecular formula is C15H12Br2N2O. The summed E-state index contributed by atoms with van der Waals surface area (Å²) in [5.74, 6) is -0.149. The normalized spacial score (nSPS) is 20.5. The SMILES string of the molecule is O=C(NC1c2ccccc2CC1Br)c1ccc(Br)cn1. The number of halogens is 2. The lowest BCUT2D eigenvalue weighted by atomic mass is 10.1. The summed E-state index contributed by atoms with van der Waals surface area (Å²) in [6.07, 6.45) is 2.55. The van der Waals surface area contributed by atoms with Crippen LogP contribution in [0.5, 0.6) is 0 Å². The van der Waals surface area contributed by atoms with Crippen molar-refractivity contribution < 1.29 is 4.79 Å². The molecule has 1 aromatic heterocycles. The summed E-state index contributed by atoms with van der Waals surface area (Å²) in [7, 11) is 0. The van der Waals surface area contributed by atoms with Gasteiger partial charge in [0.1, 0.15) is 5.69 Å². The van der Waals surface area contributed by atoms with Gasteiger partial charge in [-0.2, -0.15) is 0 Å². The second kappa shape index (κ2) is 5.66. The lowest BCUT2D eigenvalue weighted by Gasteiger charge is -2.17.